The third-order valence-corrected chi connectivity index (χ3v) is 11.9. The van der Waals surface area contributed by atoms with E-state index in [-0.39, 0.29) is 0 Å². The summed E-state index contributed by atoms with van der Waals surface area (Å²) in [5, 5.41) is 4.12. The van der Waals surface area contributed by atoms with E-state index in [0.717, 1.165) is 122 Å². The Labute approximate surface area is 363 Å². The van der Waals surface area contributed by atoms with E-state index in [1.165, 1.54) is 57.8 Å². The third-order valence-electron chi connectivity index (χ3n) is 11.9. The second-order valence-electron chi connectivity index (χ2n) is 17.8. The molecule has 61 heavy (non-hydrogen) atoms. The minimum atomic E-state index is 0.701. The zero-order valence-corrected chi connectivity index (χ0v) is 37.4. The maximum absolute atomic E-state index is 6.22. The molecule has 322 valence electrons. The van der Waals surface area contributed by atoms with Crippen molar-refractivity contribution in [3.05, 3.63) is 152 Å². The highest BCUT2D eigenvalue weighted by molar-refractivity contribution is 5.79. The lowest BCUT2D eigenvalue weighted by Gasteiger charge is -2.31. The number of aromatic nitrogens is 4. The predicted molar refractivity (Wildman–Crippen MR) is 253 cm³/mol. The summed E-state index contributed by atoms with van der Waals surface area (Å²) < 4.78 is 13.4. The highest BCUT2D eigenvalue weighted by Crippen LogP contribution is 2.25. The van der Waals surface area contributed by atoms with Gasteiger partial charge in [-0.2, -0.15) is 0 Å². The quantitative estimate of drug-likeness (QED) is 0.0412. The Morgan fingerprint density at radius 3 is 1.41 bits per heavy atom. The third kappa shape index (κ3) is 12.6. The molecule has 0 atom stereocenters. The Bertz CT molecular complexity index is 2510. The van der Waals surface area contributed by atoms with Gasteiger partial charge in [-0.1, -0.05) is 89.0 Å². The number of likely N-dealkylation sites (N-methyl/N-ethyl adjacent to an activating group) is 2. The average Bonchev–Trinajstić information content (AvgIpc) is 4.10. The first kappa shape index (κ1) is 43.6. The lowest BCUT2D eigenvalue weighted by atomic mass is 10.0. The zero-order chi connectivity index (χ0) is 42.4. The summed E-state index contributed by atoms with van der Waals surface area (Å²) in [6.07, 6.45) is 18.6. The van der Waals surface area contributed by atoms with Crippen molar-refractivity contribution in [2.24, 2.45) is 0 Å². The van der Waals surface area contributed by atoms with Crippen LogP contribution >= 0.6 is 0 Å². The highest BCUT2D eigenvalue weighted by Gasteiger charge is 2.16. The molecule has 0 saturated heterocycles. The summed E-state index contributed by atoms with van der Waals surface area (Å²) in [5.74, 6) is 1.81. The molecule has 4 N–H and O–H groups in total. The van der Waals surface area contributed by atoms with E-state index in [1.54, 1.807) is 0 Å². The van der Waals surface area contributed by atoms with Crippen molar-refractivity contribution < 1.29 is 14.0 Å². The number of hydrogen-bond donors (Lipinski definition) is 4. The molecule has 0 unspecified atom stereocenters. The number of ether oxygens (including phenoxy) is 2. The number of quaternary nitrogens is 1. The molecule has 0 radical (unpaired) electrons. The van der Waals surface area contributed by atoms with E-state index in [9.17, 15) is 0 Å². The lowest BCUT2D eigenvalue weighted by Crippen LogP contribution is -2.45. The van der Waals surface area contributed by atoms with Crippen LogP contribution in [-0.4, -0.2) is 90.4 Å². The van der Waals surface area contributed by atoms with Gasteiger partial charge >= 0.3 is 0 Å². The standard InChI is InChI=1S/C53H69N6O2/c1-6-7-8-9-10-11-12-13-14-15-36-60-46-25-17-40(18-26-46)52-48-29-21-42(54-48)38-44-23-31-50(56-44)53(51-32-24-45(57-51)39-43-22-30-49(52)55-43)41-19-27-47(28-20-41)61-37-16-34-59(4,5)35-33-58(2)3/h17-32,38-39,54-57H,6-16,33-37H2,1-5H3/q+1. The summed E-state index contributed by atoms with van der Waals surface area (Å²) >= 11 is 0. The fourth-order valence-corrected chi connectivity index (χ4v) is 8.30. The summed E-state index contributed by atoms with van der Waals surface area (Å²) in [6, 6.07) is 34.4. The van der Waals surface area contributed by atoms with E-state index in [0.29, 0.717) is 6.61 Å². The second-order valence-corrected chi connectivity index (χ2v) is 17.8. The molecule has 6 aromatic rings. The van der Waals surface area contributed by atoms with E-state index in [4.69, 9.17) is 9.47 Å². The van der Waals surface area contributed by atoms with Crippen LogP contribution in [0.25, 0.3) is 23.3 Å². The Morgan fingerprint density at radius 1 is 0.475 bits per heavy atom. The number of hydrogen-bond acceptors (Lipinski definition) is 3. The number of unbranched alkanes of at least 4 members (excludes halogenated alkanes) is 9. The molecule has 0 aliphatic carbocycles. The Morgan fingerprint density at radius 2 is 0.934 bits per heavy atom. The molecule has 0 spiro atoms. The van der Waals surface area contributed by atoms with Gasteiger partial charge in [-0.25, -0.2) is 0 Å². The van der Waals surface area contributed by atoms with Crippen LogP contribution in [0.3, 0.4) is 0 Å². The van der Waals surface area contributed by atoms with Crippen molar-refractivity contribution in [2.45, 2.75) is 77.6 Å². The van der Waals surface area contributed by atoms with Crippen molar-refractivity contribution in [3.8, 4) is 11.5 Å². The summed E-state index contributed by atoms with van der Waals surface area (Å²) in [6.45, 7) is 7.03. The number of aromatic amines is 4. The molecule has 2 aromatic carbocycles. The minimum Gasteiger partial charge on any atom is -0.494 e. The van der Waals surface area contributed by atoms with Gasteiger partial charge in [-0.05, 0) is 117 Å². The SMILES string of the molecule is CCCCCCCCCCCCOc1ccc(C2=c3ccc([nH]3)=Cc3ccc([nH]3)C(c3ccc(OCCC[N+](C)(C)CCN(C)C)cc3)=c3ccc([nH]3)=Cc3ccc2[nH]3)cc1. The van der Waals surface area contributed by atoms with Crippen LogP contribution in [0.5, 0.6) is 11.5 Å². The summed E-state index contributed by atoms with van der Waals surface area (Å²) in [4.78, 5) is 17.1. The van der Waals surface area contributed by atoms with Crippen LogP contribution in [0.15, 0.2) is 97.1 Å². The Balaban J connectivity index is 1.07. The van der Waals surface area contributed by atoms with Crippen molar-refractivity contribution in [1.29, 1.82) is 0 Å². The Hall–Kier alpha value is -5.44. The fraction of sp³-hybridized carbons (Fsp3) is 0.396. The first-order chi connectivity index (χ1) is 29.7. The van der Waals surface area contributed by atoms with Crippen LogP contribution in [-0.2, 0) is 0 Å². The fourth-order valence-electron chi connectivity index (χ4n) is 8.30. The van der Waals surface area contributed by atoms with E-state index in [2.05, 4.69) is 169 Å². The van der Waals surface area contributed by atoms with E-state index in [1.807, 2.05) is 0 Å². The van der Waals surface area contributed by atoms with Gasteiger partial charge in [-0.3, -0.25) is 0 Å². The molecule has 7 rings (SSSR count). The molecular weight excluding hydrogens is 753 g/mol. The highest BCUT2D eigenvalue weighted by atomic mass is 16.5. The summed E-state index contributed by atoms with van der Waals surface area (Å²) in [7, 11) is 8.87. The van der Waals surface area contributed by atoms with Crippen LogP contribution < -0.4 is 30.9 Å². The lowest BCUT2D eigenvalue weighted by molar-refractivity contribution is -0.890. The first-order valence-corrected chi connectivity index (χ1v) is 22.9. The molecule has 0 saturated carbocycles. The van der Waals surface area contributed by atoms with Crippen LogP contribution in [0.4, 0.5) is 0 Å². The molecule has 0 fully saturated rings. The number of nitrogens with zero attached hydrogens (tertiary/aromatic N) is 2. The van der Waals surface area contributed by atoms with Gasteiger partial charge in [0, 0.05) is 68.3 Å². The average molecular weight is 822 g/mol. The molecule has 1 aliphatic heterocycles. The Kier molecular flexibility index (Phi) is 15.3. The molecule has 0 amide bonds. The number of nitrogens with one attached hydrogen (secondary N) is 4. The first-order valence-electron chi connectivity index (χ1n) is 22.9. The number of rotatable bonds is 22. The molecule has 1 aliphatic rings. The van der Waals surface area contributed by atoms with Gasteiger partial charge in [0.2, 0.25) is 0 Å². The number of H-pyrrole nitrogens is 4. The van der Waals surface area contributed by atoms with E-state index >= 15 is 0 Å². The topological polar surface area (TPSA) is 84.9 Å². The van der Waals surface area contributed by atoms with Gasteiger partial charge in [0.05, 0.1) is 40.4 Å². The van der Waals surface area contributed by atoms with Gasteiger partial charge < -0.3 is 38.8 Å². The molecule has 8 bridgehead atoms. The minimum absolute atomic E-state index is 0.701. The molecular formula is C53H69N6O2+. The van der Waals surface area contributed by atoms with Crippen molar-refractivity contribution >= 4 is 23.3 Å². The predicted octanol–water partition coefficient (Wildman–Crippen LogP) is 8.17. The molecule has 4 aromatic heterocycles. The summed E-state index contributed by atoms with van der Waals surface area (Å²) in [5.41, 5.74) is 8.56. The van der Waals surface area contributed by atoms with Crippen molar-refractivity contribution in [1.82, 2.24) is 24.8 Å². The maximum atomic E-state index is 6.22. The normalized spacial score (nSPS) is 12.8. The van der Waals surface area contributed by atoms with Gasteiger partial charge in [0.1, 0.15) is 11.5 Å². The van der Waals surface area contributed by atoms with Crippen molar-refractivity contribution in [2.75, 3.05) is 61.0 Å². The van der Waals surface area contributed by atoms with E-state index < -0.39 is 0 Å². The van der Waals surface area contributed by atoms with Crippen LogP contribution in [0.1, 0.15) is 111 Å². The monoisotopic (exact) mass is 822 g/mol. The molecule has 8 nitrogen and oxygen atoms in total. The number of benzene rings is 2. The van der Waals surface area contributed by atoms with Crippen LogP contribution in [0, 0.1) is 0 Å². The van der Waals surface area contributed by atoms with Gasteiger partial charge in [0.15, 0.2) is 0 Å². The van der Waals surface area contributed by atoms with Crippen LogP contribution in [0.2, 0.25) is 0 Å². The molecule has 5 heterocycles. The smallest absolute Gasteiger partial charge is 0.119 e. The molecule has 8 heteroatoms. The maximum Gasteiger partial charge on any atom is 0.119 e. The number of fused-ring (bicyclic) bond motifs is 8. The van der Waals surface area contributed by atoms with Crippen molar-refractivity contribution in [3.63, 3.8) is 0 Å². The largest absolute Gasteiger partial charge is 0.494 e. The second kappa shape index (κ2) is 21.4. The van der Waals surface area contributed by atoms with Gasteiger partial charge in [-0.15, -0.1) is 0 Å². The van der Waals surface area contributed by atoms with Gasteiger partial charge in [0.25, 0.3) is 0 Å². The zero-order valence-electron chi connectivity index (χ0n) is 37.4.